The Balaban J connectivity index is 1.47. The summed E-state index contributed by atoms with van der Waals surface area (Å²) < 4.78 is 1.41. The first-order valence-electron chi connectivity index (χ1n) is 9.94. The zero-order chi connectivity index (χ0) is 20.0. The number of para-hydroxylation sites is 2. The summed E-state index contributed by atoms with van der Waals surface area (Å²) in [5, 5.41) is 3.14. The van der Waals surface area contributed by atoms with Gasteiger partial charge in [0.15, 0.2) is 0 Å². The number of imidazole rings is 1. The quantitative estimate of drug-likeness (QED) is 0.561. The van der Waals surface area contributed by atoms with Crippen molar-refractivity contribution in [1.82, 2.24) is 29.7 Å². The number of aromatic nitrogens is 6. The van der Waals surface area contributed by atoms with Crippen molar-refractivity contribution >= 4 is 17.0 Å². The molecular weight excluding hydrogens is 366 g/mol. The molecule has 0 unspecified atom stereocenters. The molecule has 5 rings (SSSR count). The third kappa shape index (κ3) is 3.20. The van der Waals surface area contributed by atoms with E-state index in [1.165, 1.54) is 4.68 Å². The summed E-state index contributed by atoms with van der Waals surface area (Å²) in [5.74, 6) is 1.98. The van der Waals surface area contributed by atoms with E-state index in [-0.39, 0.29) is 5.56 Å². The largest absolute Gasteiger partial charge is 0.341 e. The molecule has 2 N–H and O–H groups in total. The summed E-state index contributed by atoms with van der Waals surface area (Å²) in [4.78, 5) is 31.7. The van der Waals surface area contributed by atoms with Crippen LogP contribution in [-0.2, 0) is 0 Å². The molecule has 1 fully saturated rings. The first-order valence-corrected chi connectivity index (χ1v) is 9.94. The van der Waals surface area contributed by atoms with E-state index < -0.39 is 0 Å². The number of hydrogen-bond acceptors (Lipinski definition) is 5. The van der Waals surface area contributed by atoms with Gasteiger partial charge in [0.1, 0.15) is 0 Å². The summed E-state index contributed by atoms with van der Waals surface area (Å²) in [7, 11) is 0. The SMILES string of the molecule is Cc1nc(N2CCC(C)CC2)ncc1-c1cc(=O)n(-c2nc3ccccc3[nH]2)[nH]1. The molecule has 0 bridgehead atoms. The van der Waals surface area contributed by atoms with E-state index >= 15 is 0 Å². The van der Waals surface area contributed by atoms with Crippen LogP contribution in [0.5, 0.6) is 0 Å². The number of aryl methyl sites for hydroxylation is 1. The van der Waals surface area contributed by atoms with Gasteiger partial charge in [0.25, 0.3) is 5.56 Å². The zero-order valence-electron chi connectivity index (χ0n) is 16.5. The molecule has 0 spiro atoms. The first kappa shape index (κ1) is 17.7. The van der Waals surface area contributed by atoms with E-state index in [1.54, 1.807) is 12.3 Å². The van der Waals surface area contributed by atoms with E-state index in [9.17, 15) is 4.79 Å². The summed E-state index contributed by atoms with van der Waals surface area (Å²) in [5.41, 5.74) is 3.83. The van der Waals surface area contributed by atoms with Gasteiger partial charge in [-0.3, -0.25) is 9.89 Å². The average molecular weight is 389 g/mol. The Morgan fingerprint density at radius 3 is 2.69 bits per heavy atom. The van der Waals surface area contributed by atoms with Crippen LogP contribution in [-0.4, -0.2) is 42.8 Å². The number of aromatic amines is 2. The molecular formula is C21H23N7O. The Hall–Kier alpha value is -3.42. The minimum absolute atomic E-state index is 0.187. The maximum Gasteiger partial charge on any atom is 0.274 e. The summed E-state index contributed by atoms with van der Waals surface area (Å²) in [6.07, 6.45) is 4.12. The number of rotatable bonds is 3. The number of benzene rings is 1. The first-order chi connectivity index (χ1) is 14.1. The predicted molar refractivity (Wildman–Crippen MR) is 112 cm³/mol. The summed E-state index contributed by atoms with van der Waals surface area (Å²) in [6.45, 7) is 6.21. The van der Waals surface area contributed by atoms with Crippen LogP contribution in [0.1, 0.15) is 25.5 Å². The zero-order valence-corrected chi connectivity index (χ0v) is 16.5. The predicted octanol–water partition coefficient (Wildman–Crippen LogP) is 3.04. The van der Waals surface area contributed by atoms with Gasteiger partial charge < -0.3 is 9.88 Å². The monoisotopic (exact) mass is 389 g/mol. The Bertz CT molecular complexity index is 1190. The normalized spacial score (nSPS) is 15.3. The lowest BCUT2D eigenvalue weighted by Gasteiger charge is -2.30. The second kappa shape index (κ2) is 6.88. The molecule has 1 aromatic carbocycles. The molecule has 8 nitrogen and oxygen atoms in total. The molecule has 0 aliphatic carbocycles. The fourth-order valence-electron chi connectivity index (χ4n) is 3.82. The van der Waals surface area contributed by atoms with Crippen LogP contribution < -0.4 is 10.5 Å². The fraction of sp³-hybridized carbons (Fsp3) is 0.333. The van der Waals surface area contributed by atoms with Crippen LogP contribution in [0.2, 0.25) is 0 Å². The fourth-order valence-corrected chi connectivity index (χ4v) is 3.82. The van der Waals surface area contributed by atoms with Crippen LogP contribution in [0.15, 0.2) is 41.3 Å². The molecule has 0 saturated carbocycles. The van der Waals surface area contributed by atoms with Crippen molar-refractivity contribution in [2.75, 3.05) is 18.0 Å². The lowest BCUT2D eigenvalue weighted by molar-refractivity contribution is 0.434. The minimum Gasteiger partial charge on any atom is -0.341 e. The van der Waals surface area contributed by atoms with Gasteiger partial charge in [0.05, 0.1) is 22.4 Å². The highest BCUT2D eigenvalue weighted by molar-refractivity contribution is 5.76. The number of anilines is 1. The van der Waals surface area contributed by atoms with E-state index in [2.05, 4.69) is 31.9 Å². The Labute approximate surface area is 167 Å². The van der Waals surface area contributed by atoms with Gasteiger partial charge in [0, 0.05) is 30.9 Å². The molecule has 0 radical (unpaired) electrons. The van der Waals surface area contributed by atoms with Crippen LogP contribution >= 0.6 is 0 Å². The van der Waals surface area contributed by atoms with Crippen molar-refractivity contribution in [3.05, 3.63) is 52.6 Å². The molecule has 1 saturated heterocycles. The van der Waals surface area contributed by atoms with Crippen molar-refractivity contribution in [1.29, 1.82) is 0 Å². The van der Waals surface area contributed by atoms with Crippen LogP contribution in [0.25, 0.3) is 28.2 Å². The van der Waals surface area contributed by atoms with Crippen molar-refractivity contribution < 1.29 is 0 Å². The lowest BCUT2D eigenvalue weighted by atomic mass is 10.00. The van der Waals surface area contributed by atoms with Gasteiger partial charge in [-0.25, -0.2) is 15.0 Å². The highest BCUT2D eigenvalue weighted by Crippen LogP contribution is 2.24. The molecule has 4 heterocycles. The van der Waals surface area contributed by atoms with Crippen molar-refractivity contribution in [3.63, 3.8) is 0 Å². The second-order valence-electron chi connectivity index (χ2n) is 7.76. The number of nitrogens with zero attached hydrogens (tertiary/aromatic N) is 5. The average Bonchev–Trinajstić information content (AvgIpc) is 3.31. The van der Waals surface area contributed by atoms with Gasteiger partial charge in [-0.1, -0.05) is 19.1 Å². The smallest absolute Gasteiger partial charge is 0.274 e. The van der Waals surface area contributed by atoms with E-state index in [0.29, 0.717) is 11.6 Å². The van der Waals surface area contributed by atoms with Crippen LogP contribution in [0, 0.1) is 12.8 Å². The van der Waals surface area contributed by atoms with Crippen LogP contribution in [0.3, 0.4) is 0 Å². The second-order valence-corrected chi connectivity index (χ2v) is 7.76. The summed E-state index contributed by atoms with van der Waals surface area (Å²) >= 11 is 0. The third-order valence-corrected chi connectivity index (χ3v) is 5.63. The molecule has 8 heteroatoms. The van der Waals surface area contributed by atoms with Gasteiger partial charge in [0.2, 0.25) is 11.9 Å². The molecule has 1 aliphatic heterocycles. The van der Waals surface area contributed by atoms with Gasteiger partial charge >= 0.3 is 0 Å². The van der Waals surface area contributed by atoms with E-state index in [4.69, 9.17) is 4.98 Å². The van der Waals surface area contributed by atoms with E-state index in [0.717, 1.165) is 60.1 Å². The van der Waals surface area contributed by atoms with Gasteiger partial charge in [-0.2, -0.15) is 4.68 Å². The molecule has 0 atom stereocenters. The number of fused-ring (bicyclic) bond motifs is 1. The Kier molecular flexibility index (Phi) is 4.19. The molecule has 1 aliphatic rings. The topological polar surface area (TPSA) is 95.5 Å². The molecule has 148 valence electrons. The van der Waals surface area contributed by atoms with E-state index in [1.807, 2.05) is 31.2 Å². The van der Waals surface area contributed by atoms with Crippen molar-refractivity contribution in [3.8, 4) is 17.2 Å². The highest BCUT2D eigenvalue weighted by atomic mass is 16.1. The number of nitrogens with one attached hydrogen (secondary N) is 2. The molecule has 4 aromatic rings. The lowest BCUT2D eigenvalue weighted by Crippen LogP contribution is -2.34. The number of piperidine rings is 1. The van der Waals surface area contributed by atoms with Crippen molar-refractivity contribution in [2.45, 2.75) is 26.7 Å². The Morgan fingerprint density at radius 2 is 1.93 bits per heavy atom. The standard InChI is InChI=1S/C21H23N7O/c1-13-7-9-27(10-8-13)20-22-12-15(14(2)23-20)18-11-19(29)28(26-18)21-24-16-5-3-4-6-17(16)25-21/h3-6,11-13,26H,7-10H2,1-2H3,(H,24,25). The Morgan fingerprint density at radius 1 is 1.14 bits per heavy atom. The minimum atomic E-state index is -0.187. The highest BCUT2D eigenvalue weighted by Gasteiger charge is 2.19. The maximum atomic E-state index is 12.6. The van der Waals surface area contributed by atoms with Gasteiger partial charge in [-0.05, 0) is 37.8 Å². The summed E-state index contributed by atoms with van der Waals surface area (Å²) in [6, 6.07) is 9.24. The number of H-pyrrole nitrogens is 2. The van der Waals surface area contributed by atoms with Crippen LogP contribution in [0.4, 0.5) is 5.95 Å². The van der Waals surface area contributed by atoms with Gasteiger partial charge in [-0.15, -0.1) is 0 Å². The third-order valence-electron chi connectivity index (χ3n) is 5.63. The maximum absolute atomic E-state index is 12.6. The molecule has 3 aromatic heterocycles. The molecule has 0 amide bonds. The van der Waals surface area contributed by atoms with Crippen molar-refractivity contribution in [2.24, 2.45) is 5.92 Å². The molecule has 29 heavy (non-hydrogen) atoms. The number of hydrogen-bond donors (Lipinski definition) is 2.